The second-order valence-corrected chi connectivity index (χ2v) is 8.74. The van der Waals surface area contributed by atoms with E-state index in [9.17, 15) is 35.2 Å². The number of hydrogen-bond acceptors (Lipinski definition) is 12. The molecule has 1 aromatic carbocycles. The number of thioether (sulfide) groups is 1. The molecule has 1 aromatic heterocycles. The Morgan fingerprint density at radius 3 is 2.37 bits per heavy atom. The fourth-order valence-corrected chi connectivity index (χ4v) is 2.92. The molecule has 0 aliphatic rings. The highest BCUT2D eigenvalue weighted by molar-refractivity contribution is 7.98. The molecule has 0 fully saturated rings. The number of aromatic nitrogens is 2. The average Bonchev–Trinajstić information content (AvgIpc) is 2.75. The number of nitro groups is 1. The maximum atomic E-state index is 12.6. The number of aliphatic hydroxyl groups is 1. The monoisotopic (exact) mass is 506 g/mol. The molecule has 2 rings (SSSR count). The Morgan fingerprint density at radius 2 is 1.89 bits per heavy atom. The molecule has 0 spiro atoms. The highest BCUT2D eigenvalue weighted by atomic mass is 32.2. The molecule has 0 aliphatic heterocycles. The summed E-state index contributed by atoms with van der Waals surface area (Å²) in [5, 5.41) is 40.1. The van der Waals surface area contributed by atoms with Gasteiger partial charge in [-0.1, -0.05) is 11.8 Å². The van der Waals surface area contributed by atoms with Gasteiger partial charge in [-0.05, 0) is 52.1 Å². The molecule has 2 N–H and O–H groups in total. The zero-order chi connectivity index (χ0) is 26.5. The lowest BCUT2D eigenvalue weighted by Crippen LogP contribution is -2.37. The molecule has 186 valence electrons. The number of benzene rings is 1. The normalized spacial score (nSPS) is 12.7. The van der Waals surface area contributed by atoms with Crippen molar-refractivity contribution in [3.8, 4) is 23.6 Å². The van der Waals surface area contributed by atoms with Crippen molar-refractivity contribution >= 4 is 29.4 Å². The number of nitrogens with zero attached hydrogens (tertiary/aromatic N) is 4. The summed E-state index contributed by atoms with van der Waals surface area (Å²) < 4.78 is 16.0. The zero-order valence-electron chi connectivity index (χ0n) is 19.3. The van der Waals surface area contributed by atoms with Gasteiger partial charge in [-0.3, -0.25) is 10.1 Å². The summed E-state index contributed by atoms with van der Waals surface area (Å²) in [7, 11) is 0. The Bertz CT molecular complexity index is 1190. The van der Waals surface area contributed by atoms with Crippen LogP contribution in [0.15, 0.2) is 23.4 Å². The summed E-state index contributed by atoms with van der Waals surface area (Å²) in [5.74, 6) is -3.84. The molecule has 2 atom stereocenters. The minimum Gasteiger partial charge on any atom is -0.478 e. The molecule has 2 unspecified atom stereocenters. The predicted molar refractivity (Wildman–Crippen MR) is 121 cm³/mol. The molecule has 0 aliphatic carbocycles. The molecule has 14 heteroatoms. The number of rotatable bonds is 9. The predicted octanol–water partition coefficient (Wildman–Crippen LogP) is 2.94. The number of carbonyl (C=O) groups excluding carboxylic acids is 1. The third-order valence-corrected chi connectivity index (χ3v) is 4.58. The molecule has 0 saturated heterocycles. The highest BCUT2D eigenvalue weighted by Gasteiger charge is 2.34. The van der Waals surface area contributed by atoms with E-state index in [-0.39, 0.29) is 22.0 Å². The van der Waals surface area contributed by atoms with Crippen LogP contribution in [-0.4, -0.2) is 61.1 Å². The Labute approximate surface area is 203 Å². The van der Waals surface area contributed by atoms with Crippen LogP contribution in [0.2, 0.25) is 0 Å². The van der Waals surface area contributed by atoms with Crippen LogP contribution in [0.1, 0.15) is 43.6 Å². The van der Waals surface area contributed by atoms with Crippen LogP contribution in [0.4, 0.5) is 5.69 Å². The molecule has 0 bridgehead atoms. The third kappa shape index (κ3) is 7.01. The van der Waals surface area contributed by atoms with Crippen LogP contribution >= 0.6 is 11.8 Å². The first-order valence-corrected chi connectivity index (χ1v) is 11.1. The topological polar surface area (TPSA) is 195 Å². The second-order valence-electron chi connectivity index (χ2n) is 7.97. The van der Waals surface area contributed by atoms with Crippen molar-refractivity contribution in [2.75, 3.05) is 6.26 Å². The summed E-state index contributed by atoms with van der Waals surface area (Å²) in [5.41, 5.74) is -1.91. The highest BCUT2D eigenvalue weighted by Crippen LogP contribution is 2.39. The van der Waals surface area contributed by atoms with Gasteiger partial charge in [0.05, 0.1) is 22.2 Å². The summed E-state index contributed by atoms with van der Waals surface area (Å²) in [4.78, 5) is 42.7. The van der Waals surface area contributed by atoms with Gasteiger partial charge in [0.1, 0.15) is 17.4 Å². The number of ether oxygens (including phenoxy) is 3. The quantitative estimate of drug-likeness (QED) is 0.166. The van der Waals surface area contributed by atoms with Crippen molar-refractivity contribution in [1.29, 1.82) is 5.26 Å². The van der Waals surface area contributed by atoms with Gasteiger partial charge in [0.15, 0.2) is 5.16 Å². The molecule has 2 aromatic rings. The van der Waals surface area contributed by atoms with Crippen LogP contribution in [0.3, 0.4) is 0 Å². The molecule has 13 nitrogen and oxygen atoms in total. The summed E-state index contributed by atoms with van der Waals surface area (Å²) in [6, 6.07) is 5.57. The minimum atomic E-state index is -1.86. The van der Waals surface area contributed by atoms with Gasteiger partial charge >= 0.3 is 29.4 Å². The van der Waals surface area contributed by atoms with Gasteiger partial charge in [-0.25, -0.2) is 9.59 Å². The summed E-state index contributed by atoms with van der Waals surface area (Å²) in [6.07, 6.45) is -1.83. The third-order valence-electron chi connectivity index (χ3n) is 4.03. The van der Waals surface area contributed by atoms with E-state index in [0.29, 0.717) is 0 Å². The standard InChI is InChI=1S/C21H22N4O9S/c1-10(26)15(18(27)28)33-17-14(25(30)31)16(23-20(24-17)35-5)32-12-7-6-11(9-22)13(8-12)19(29)34-21(2,3)4/h6-8,10,15,26H,1-5H3,(H,27,28). The van der Waals surface area contributed by atoms with Gasteiger partial charge < -0.3 is 24.4 Å². The molecule has 1 heterocycles. The van der Waals surface area contributed by atoms with Crippen molar-refractivity contribution in [2.45, 2.75) is 50.7 Å². The second kappa shape index (κ2) is 11.0. The minimum absolute atomic E-state index is 0.0150. The van der Waals surface area contributed by atoms with Gasteiger partial charge in [0, 0.05) is 0 Å². The number of carbonyl (C=O) groups is 2. The molecule has 0 amide bonds. The zero-order valence-corrected chi connectivity index (χ0v) is 20.2. The van der Waals surface area contributed by atoms with Gasteiger partial charge in [0.2, 0.25) is 6.10 Å². The van der Waals surface area contributed by atoms with Gasteiger partial charge in [0.25, 0.3) is 0 Å². The van der Waals surface area contributed by atoms with Gasteiger partial charge in [-0.2, -0.15) is 15.2 Å². The fraction of sp³-hybridized carbons (Fsp3) is 0.381. The van der Waals surface area contributed by atoms with E-state index in [2.05, 4.69) is 9.97 Å². The lowest BCUT2D eigenvalue weighted by atomic mass is 10.1. The maximum Gasteiger partial charge on any atom is 0.392 e. The molecular weight excluding hydrogens is 484 g/mol. The van der Waals surface area contributed by atoms with E-state index < -0.39 is 52.1 Å². The van der Waals surface area contributed by atoms with Crippen molar-refractivity contribution < 1.29 is 38.9 Å². The Hall–Kier alpha value is -3.96. The smallest absolute Gasteiger partial charge is 0.392 e. The summed E-state index contributed by atoms with van der Waals surface area (Å²) >= 11 is 0.961. The van der Waals surface area contributed by atoms with E-state index in [1.165, 1.54) is 12.1 Å². The number of carboxylic acid groups (broad SMARTS) is 1. The van der Waals surface area contributed by atoms with E-state index >= 15 is 0 Å². The summed E-state index contributed by atoms with van der Waals surface area (Å²) in [6.45, 7) is 6.06. The van der Waals surface area contributed by atoms with Crippen LogP contribution in [0.25, 0.3) is 0 Å². The first kappa shape index (κ1) is 27.3. The number of esters is 1. The van der Waals surface area contributed by atoms with E-state index in [1.54, 1.807) is 27.0 Å². The average molecular weight is 506 g/mol. The van der Waals surface area contributed by atoms with Crippen LogP contribution < -0.4 is 9.47 Å². The van der Waals surface area contributed by atoms with Crippen LogP contribution in [-0.2, 0) is 9.53 Å². The van der Waals surface area contributed by atoms with Crippen molar-refractivity contribution in [2.24, 2.45) is 0 Å². The lowest BCUT2D eigenvalue weighted by molar-refractivity contribution is -0.387. The van der Waals surface area contributed by atoms with E-state index in [4.69, 9.17) is 14.2 Å². The first-order valence-electron chi connectivity index (χ1n) is 9.90. The number of nitriles is 1. The van der Waals surface area contributed by atoms with Crippen LogP contribution in [0, 0.1) is 21.4 Å². The maximum absolute atomic E-state index is 12.6. The van der Waals surface area contributed by atoms with Gasteiger partial charge in [-0.15, -0.1) is 0 Å². The number of aliphatic carboxylic acids is 1. The van der Waals surface area contributed by atoms with Crippen molar-refractivity contribution in [3.05, 3.63) is 39.4 Å². The largest absolute Gasteiger partial charge is 0.478 e. The van der Waals surface area contributed by atoms with Crippen LogP contribution in [0.5, 0.6) is 17.5 Å². The first-order chi connectivity index (χ1) is 16.3. The number of aliphatic hydroxyl groups excluding tert-OH is 1. The van der Waals surface area contributed by atoms with Crippen molar-refractivity contribution in [1.82, 2.24) is 9.97 Å². The van der Waals surface area contributed by atoms with Crippen molar-refractivity contribution in [3.63, 3.8) is 0 Å². The number of hydrogen-bond donors (Lipinski definition) is 2. The molecule has 0 radical (unpaired) electrons. The number of carboxylic acids is 1. The molecule has 0 saturated carbocycles. The Morgan fingerprint density at radius 1 is 1.26 bits per heavy atom. The molecule has 35 heavy (non-hydrogen) atoms. The molecular formula is C21H22N4O9S. The fourth-order valence-electron chi connectivity index (χ4n) is 2.57. The Kier molecular flexibility index (Phi) is 8.56. The van der Waals surface area contributed by atoms with E-state index in [1.807, 2.05) is 6.07 Å². The van der Waals surface area contributed by atoms with E-state index in [0.717, 1.165) is 24.8 Å². The lowest BCUT2D eigenvalue weighted by Gasteiger charge is -2.20. The Balaban J connectivity index is 2.60. The SMILES string of the molecule is CSc1nc(Oc2ccc(C#N)c(C(=O)OC(C)(C)C)c2)c([N+](=O)[O-])c(OC(C(=O)O)C(C)O)n1.